The molecule has 0 bridgehead atoms. The lowest BCUT2D eigenvalue weighted by atomic mass is 10.2. The van der Waals surface area contributed by atoms with Crippen molar-refractivity contribution in [3.05, 3.63) is 53.6 Å². The summed E-state index contributed by atoms with van der Waals surface area (Å²) in [4.78, 5) is 10.7. The third-order valence-corrected chi connectivity index (χ3v) is 1.74. The van der Waals surface area contributed by atoms with Gasteiger partial charge < -0.3 is 5.73 Å². The smallest absolute Gasteiger partial charge is 0.259 e. The summed E-state index contributed by atoms with van der Waals surface area (Å²) in [5.74, 6) is -0.713. The van der Waals surface area contributed by atoms with E-state index in [-0.39, 0.29) is 5.57 Å². The summed E-state index contributed by atoms with van der Waals surface area (Å²) in [5.41, 5.74) is 5.91. The summed E-state index contributed by atoms with van der Waals surface area (Å²) in [7, 11) is 0. The van der Waals surface area contributed by atoms with Gasteiger partial charge in [-0.1, -0.05) is 42.5 Å². The van der Waals surface area contributed by atoms with Crippen LogP contribution >= 0.6 is 0 Å². The van der Waals surface area contributed by atoms with Crippen LogP contribution in [0.2, 0.25) is 0 Å². The monoisotopic (exact) mass is 198 g/mol. The third kappa shape index (κ3) is 3.49. The second-order valence-corrected chi connectivity index (χ2v) is 2.83. The molecule has 0 aromatic heterocycles. The molecule has 0 spiro atoms. The first-order chi connectivity index (χ1) is 7.24. The molecular formula is C12H10N2O. The number of amides is 1. The Hall–Kier alpha value is -2.34. The number of primary amides is 1. The van der Waals surface area contributed by atoms with E-state index in [9.17, 15) is 4.79 Å². The van der Waals surface area contributed by atoms with Crippen LogP contribution < -0.4 is 5.73 Å². The first kappa shape index (κ1) is 10.7. The lowest BCUT2D eigenvalue weighted by Gasteiger charge is -1.89. The van der Waals surface area contributed by atoms with Gasteiger partial charge in [0.05, 0.1) is 0 Å². The number of hydrogen-bond acceptors (Lipinski definition) is 2. The molecule has 0 fully saturated rings. The predicted molar refractivity (Wildman–Crippen MR) is 58.4 cm³/mol. The van der Waals surface area contributed by atoms with Gasteiger partial charge in [0.25, 0.3) is 5.91 Å². The summed E-state index contributed by atoms with van der Waals surface area (Å²) >= 11 is 0. The fourth-order valence-corrected chi connectivity index (χ4v) is 0.994. The number of carbonyl (C=O) groups excluding carboxylic acids is 1. The van der Waals surface area contributed by atoms with E-state index in [1.54, 1.807) is 18.2 Å². The van der Waals surface area contributed by atoms with Gasteiger partial charge in [-0.05, 0) is 11.6 Å². The van der Waals surface area contributed by atoms with Gasteiger partial charge in [0.2, 0.25) is 0 Å². The van der Waals surface area contributed by atoms with Crippen molar-refractivity contribution in [2.24, 2.45) is 5.73 Å². The summed E-state index contributed by atoms with van der Waals surface area (Å²) in [6.45, 7) is 0. The van der Waals surface area contributed by atoms with Crippen molar-refractivity contribution >= 4 is 12.0 Å². The Balaban J connectivity index is 2.76. The summed E-state index contributed by atoms with van der Waals surface area (Å²) in [6.07, 6.45) is 4.81. The van der Waals surface area contributed by atoms with E-state index in [1.165, 1.54) is 6.08 Å². The lowest BCUT2D eigenvalue weighted by Crippen LogP contribution is -2.12. The number of nitrogens with zero attached hydrogens (tertiary/aromatic N) is 1. The van der Waals surface area contributed by atoms with E-state index >= 15 is 0 Å². The summed E-state index contributed by atoms with van der Waals surface area (Å²) in [5, 5.41) is 8.54. The van der Waals surface area contributed by atoms with Crippen molar-refractivity contribution in [2.75, 3.05) is 0 Å². The number of nitrogens with two attached hydrogens (primary N) is 1. The number of hydrogen-bond donors (Lipinski definition) is 1. The van der Waals surface area contributed by atoms with Gasteiger partial charge in [-0.2, -0.15) is 5.26 Å². The maximum absolute atomic E-state index is 10.7. The van der Waals surface area contributed by atoms with Crippen LogP contribution in [0.25, 0.3) is 6.08 Å². The lowest BCUT2D eigenvalue weighted by molar-refractivity contribution is -0.114. The minimum absolute atomic E-state index is 0.0535. The maximum Gasteiger partial charge on any atom is 0.259 e. The zero-order valence-corrected chi connectivity index (χ0v) is 8.05. The van der Waals surface area contributed by atoms with Crippen LogP contribution in [0.1, 0.15) is 5.56 Å². The predicted octanol–water partition coefficient (Wildman–Crippen LogP) is 1.64. The zero-order valence-electron chi connectivity index (χ0n) is 8.05. The van der Waals surface area contributed by atoms with Gasteiger partial charge in [-0.3, -0.25) is 4.79 Å². The molecular weight excluding hydrogens is 188 g/mol. The van der Waals surface area contributed by atoms with Gasteiger partial charge in [-0.15, -0.1) is 0 Å². The standard InChI is InChI=1S/C12H10N2O/c13-9-11(12(14)15)8-4-7-10-5-2-1-3-6-10/h1-8H,(H2,14,15). The number of benzene rings is 1. The molecule has 1 aromatic carbocycles. The Morgan fingerprint density at radius 3 is 2.53 bits per heavy atom. The molecule has 15 heavy (non-hydrogen) atoms. The SMILES string of the molecule is N#CC(=CC=Cc1ccccc1)C(N)=O. The molecule has 0 unspecified atom stereocenters. The molecule has 0 aliphatic heterocycles. The molecule has 1 aromatic rings. The Kier molecular flexibility index (Phi) is 3.87. The van der Waals surface area contributed by atoms with Gasteiger partial charge in [-0.25, -0.2) is 0 Å². The summed E-state index contributed by atoms with van der Waals surface area (Å²) < 4.78 is 0. The van der Waals surface area contributed by atoms with Crippen LogP contribution in [0.3, 0.4) is 0 Å². The Bertz CT molecular complexity index is 438. The fourth-order valence-electron chi connectivity index (χ4n) is 0.994. The molecule has 1 rings (SSSR count). The number of allylic oxidation sites excluding steroid dienone is 2. The average molecular weight is 198 g/mol. The van der Waals surface area contributed by atoms with Crippen LogP contribution in [0.15, 0.2) is 48.1 Å². The molecule has 1 amide bonds. The quantitative estimate of drug-likeness (QED) is 0.455. The molecule has 2 N–H and O–H groups in total. The highest BCUT2D eigenvalue weighted by molar-refractivity contribution is 5.96. The Labute approximate surface area is 88.1 Å². The van der Waals surface area contributed by atoms with Crippen molar-refractivity contribution in [2.45, 2.75) is 0 Å². The molecule has 3 heteroatoms. The Morgan fingerprint density at radius 2 is 2.00 bits per heavy atom. The van der Waals surface area contributed by atoms with E-state index in [4.69, 9.17) is 11.0 Å². The first-order valence-electron chi connectivity index (χ1n) is 4.37. The average Bonchev–Trinajstić information content (AvgIpc) is 2.25. The van der Waals surface area contributed by atoms with Gasteiger partial charge in [0.1, 0.15) is 11.6 Å². The van der Waals surface area contributed by atoms with Crippen molar-refractivity contribution in [3.8, 4) is 6.07 Å². The largest absolute Gasteiger partial charge is 0.365 e. The van der Waals surface area contributed by atoms with Gasteiger partial charge >= 0.3 is 0 Å². The first-order valence-corrected chi connectivity index (χ1v) is 4.37. The molecule has 0 atom stereocenters. The third-order valence-electron chi connectivity index (χ3n) is 1.74. The highest BCUT2D eigenvalue weighted by atomic mass is 16.1. The number of carbonyl (C=O) groups is 1. The molecule has 0 saturated heterocycles. The van der Waals surface area contributed by atoms with Crippen LogP contribution in [0, 0.1) is 11.3 Å². The van der Waals surface area contributed by atoms with E-state index in [0.717, 1.165) is 5.56 Å². The minimum Gasteiger partial charge on any atom is -0.365 e. The molecule has 3 nitrogen and oxygen atoms in total. The fraction of sp³-hybridized carbons (Fsp3) is 0. The van der Waals surface area contributed by atoms with E-state index in [0.29, 0.717) is 0 Å². The minimum atomic E-state index is -0.713. The van der Waals surface area contributed by atoms with Crippen molar-refractivity contribution in [3.63, 3.8) is 0 Å². The summed E-state index contributed by atoms with van der Waals surface area (Å²) in [6, 6.07) is 11.3. The molecule has 0 aliphatic rings. The van der Waals surface area contributed by atoms with Crippen LogP contribution in [-0.2, 0) is 4.79 Å². The molecule has 74 valence electrons. The van der Waals surface area contributed by atoms with E-state index < -0.39 is 5.91 Å². The molecule has 0 radical (unpaired) electrons. The van der Waals surface area contributed by atoms with Gasteiger partial charge in [0, 0.05) is 0 Å². The van der Waals surface area contributed by atoms with Crippen molar-refractivity contribution in [1.82, 2.24) is 0 Å². The topological polar surface area (TPSA) is 66.9 Å². The number of rotatable bonds is 3. The maximum atomic E-state index is 10.7. The highest BCUT2D eigenvalue weighted by Crippen LogP contribution is 2.01. The number of nitriles is 1. The van der Waals surface area contributed by atoms with Crippen molar-refractivity contribution < 1.29 is 4.79 Å². The van der Waals surface area contributed by atoms with Crippen molar-refractivity contribution in [1.29, 1.82) is 5.26 Å². The van der Waals surface area contributed by atoms with Crippen LogP contribution in [0.4, 0.5) is 0 Å². The molecule has 0 heterocycles. The highest BCUT2D eigenvalue weighted by Gasteiger charge is 1.99. The van der Waals surface area contributed by atoms with E-state index in [1.807, 2.05) is 30.3 Å². The molecule has 0 aliphatic carbocycles. The van der Waals surface area contributed by atoms with Crippen LogP contribution in [0.5, 0.6) is 0 Å². The molecule has 0 saturated carbocycles. The van der Waals surface area contributed by atoms with E-state index in [2.05, 4.69) is 0 Å². The second kappa shape index (κ2) is 5.40. The normalized spacial score (nSPS) is 11.3. The second-order valence-electron chi connectivity index (χ2n) is 2.83. The zero-order chi connectivity index (χ0) is 11.1. The Morgan fingerprint density at radius 1 is 1.33 bits per heavy atom. The van der Waals surface area contributed by atoms with Gasteiger partial charge in [0.15, 0.2) is 0 Å². The van der Waals surface area contributed by atoms with Crippen LogP contribution in [-0.4, -0.2) is 5.91 Å².